The van der Waals surface area contributed by atoms with Crippen molar-refractivity contribution in [3.63, 3.8) is 0 Å². The van der Waals surface area contributed by atoms with Crippen LogP contribution in [-0.4, -0.2) is 0 Å². The maximum absolute atomic E-state index is 5.64. The molecule has 0 atom stereocenters. The number of nitrogens with two attached hydrogens (primary N) is 1. The van der Waals surface area contributed by atoms with Gasteiger partial charge in [0, 0.05) is 10.6 Å². The zero-order valence-corrected chi connectivity index (χ0v) is 8.23. The van der Waals surface area contributed by atoms with E-state index in [0.29, 0.717) is 0 Å². The Morgan fingerprint density at radius 1 is 1.33 bits per heavy atom. The summed E-state index contributed by atoms with van der Waals surface area (Å²) in [6, 6.07) is 8.07. The Labute approximate surface area is 78.7 Å². The molecule has 0 aromatic heterocycles. The molecule has 0 aliphatic heterocycles. The topological polar surface area (TPSA) is 26.0 Å². The Hall–Kier alpha value is -0.890. The van der Waals surface area contributed by atoms with Crippen molar-refractivity contribution < 1.29 is 0 Å². The van der Waals surface area contributed by atoms with Gasteiger partial charge in [-0.25, -0.2) is 0 Å². The molecule has 1 aromatic carbocycles. The van der Waals surface area contributed by atoms with E-state index in [1.807, 2.05) is 25.1 Å². The lowest BCUT2D eigenvalue weighted by molar-refractivity contribution is 1.32. The number of hydrogen-bond donors (Lipinski definition) is 2. The van der Waals surface area contributed by atoms with Crippen LogP contribution in [0.1, 0.15) is 18.1 Å². The Balaban J connectivity index is 3.21. The van der Waals surface area contributed by atoms with Gasteiger partial charge in [-0.1, -0.05) is 24.3 Å². The Kier molecular flexibility index (Phi) is 2.82. The smallest absolute Gasteiger partial charge is 0.0301 e. The molecule has 0 aliphatic rings. The lowest BCUT2D eigenvalue weighted by Gasteiger charge is -2.05. The molecule has 0 bridgehead atoms. The average molecular weight is 179 g/mol. The van der Waals surface area contributed by atoms with Crippen molar-refractivity contribution in [1.82, 2.24) is 0 Å². The second-order valence-corrected chi connectivity index (χ2v) is 3.29. The van der Waals surface area contributed by atoms with Crippen molar-refractivity contribution in [3.8, 4) is 0 Å². The van der Waals surface area contributed by atoms with Gasteiger partial charge in [-0.3, -0.25) is 0 Å². The van der Waals surface area contributed by atoms with Crippen LogP contribution >= 0.6 is 12.6 Å². The summed E-state index contributed by atoms with van der Waals surface area (Å²) >= 11 is 4.34. The van der Waals surface area contributed by atoms with Gasteiger partial charge >= 0.3 is 0 Å². The lowest BCUT2D eigenvalue weighted by atomic mass is 10.1. The third-order valence-corrected chi connectivity index (χ3v) is 2.37. The van der Waals surface area contributed by atoms with Crippen LogP contribution in [0.15, 0.2) is 30.0 Å². The minimum Gasteiger partial charge on any atom is -0.401 e. The molecule has 0 fully saturated rings. The summed E-state index contributed by atoms with van der Waals surface area (Å²) in [5.74, 6) is 0. The first-order valence-electron chi connectivity index (χ1n) is 3.84. The van der Waals surface area contributed by atoms with Gasteiger partial charge in [-0.15, -0.1) is 12.6 Å². The normalized spacial score (nSPS) is 12.6. The van der Waals surface area contributed by atoms with Gasteiger partial charge in [0.05, 0.1) is 0 Å². The molecule has 1 aromatic rings. The summed E-state index contributed by atoms with van der Waals surface area (Å²) in [6.45, 7) is 3.91. The summed E-state index contributed by atoms with van der Waals surface area (Å²) in [6.07, 6.45) is 0. The van der Waals surface area contributed by atoms with E-state index in [2.05, 4.69) is 25.6 Å². The largest absolute Gasteiger partial charge is 0.401 e. The number of allylic oxidation sites excluding steroid dienone is 1. The second-order valence-electron chi connectivity index (χ2n) is 2.85. The highest BCUT2D eigenvalue weighted by molar-refractivity contribution is 7.90. The molecule has 0 aliphatic carbocycles. The summed E-state index contributed by atoms with van der Waals surface area (Å²) < 4.78 is 0. The number of thiol groups is 1. The molecule has 2 heteroatoms. The Bertz CT molecular complexity index is 311. The van der Waals surface area contributed by atoms with E-state index < -0.39 is 0 Å². The number of hydrogen-bond acceptors (Lipinski definition) is 2. The lowest BCUT2D eigenvalue weighted by Crippen LogP contribution is -1.95. The van der Waals surface area contributed by atoms with E-state index in [0.717, 1.165) is 16.2 Å². The summed E-state index contributed by atoms with van der Waals surface area (Å²) in [5, 5.41) is 0. The molecule has 0 saturated carbocycles. The fraction of sp³-hybridized carbons (Fsp3) is 0.200. The minimum atomic E-state index is 0.757. The van der Waals surface area contributed by atoms with Crippen molar-refractivity contribution in [2.24, 2.45) is 5.73 Å². The molecular weight excluding hydrogens is 166 g/mol. The Morgan fingerprint density at radius 2 is 1.92 bits per heavy atom. The zero-order valence-electron chi connectivity index (χ0n) is 7.33. The van der Waals surface area contributed by atoms with E-state index in [1.165, 1.54) is 5.56 Å². The van der Waals surface area contributed by atoms with Crippen molar-refractivity contribution in [2.75, 3.05) is 0 Å². The second kappa shape index (κ2) is 3.68. The highest BCUT2D eigenvalue weighted by atomic mass is 32.1. The van der Waals surface area contributed by atoms with E-state index in [1.54, 1.807) is 0 Å². The molecule has 0 heterocycles. The monoisotopic (exact) mass is 179 g/mol. The van der Waals surface area contributed by atoms with Gasteiger partial charge in [-0.2, -0.15) is 0 Å². The quantitative estimate of drug-likeness (QED) is 0.637. The van der Waals surface area contributed by atoms with Crippen molar-refractivity contribution in [3.05, 3.63) is 41.1 Å². The standard InChI is InChI=1S/C10H13NS/c1-7-5-3-4-6-9(7)10(12)8(2)11/h3-6,12H,11H2,1-2H3/b10-8-. The first-order valence-corrected chi connectivity index (χ1v) is 4.29. The first kappa shape index (κ1) is 9.20. The van der Waals surface area contributed by atoms with Crippen LogP contribution in [0, 0.1) is 6.92 Å². The molecule has 0 radical (unpaired) electrons. The summed E-state index contributed by atoms with van der Waals surface area (Å²) in [7, 11) is 0. The fourth-order valence-corrected chi connectivity index (χ4v) is 1.30. The molecule has 0 amide bonds. The predicted octanol–water partition coefficient (Wildman–Crippen LogP) is 2.57. The molecule has 1 rings (SSSR count). The van der Waals surface area contributed by atoms with Crippen molar-refractivity contribution >= 4 is 17.5 Å². The van der Waals surface area contributed by atoms with E-state index in [9.17, 15) is 0 Å². The van der Waals surface area contributed by atoms with Crippen LogP contribution in [0.2, 0.25) is 0 Å². The molecule has 1 nitrogen and oxygen atoms in total. The van der Waals surface area contributed by atoms with Crippen molar-refractivity contribution in [1.29, 1.82) is 0 Å². The maximum Gasteiger partial charge on any atom is 0.0301 e. The molecule has 12 heavy (non-hydrogen) atoms. The van der Waals surface area contributed by atoms with Crippen LogP contribution < -0.4 is 5.73 Å². The molecule has 0 unspecified atom stereocenters. The minimum absolute atomic E-state index is 0.757. The van der Waals surface area contributed by atoms with E-state index >= 15 is 0 Å². The van der Waals surface area contributed by atoms with Crippen LogP contribution in [0.3, 0.4) is 0 Å². The van der Waals surface area contributed by atoms with Crippen LogP contribution in [0.5, 0.6) is 0 Å². The number of benzene rings is 1. The van der Waals surface area contributed by atoms with E-state index in [-0.39, 0.29) is 0 Å². The zero-order chi connectivity index (χ0) is 9.14. The van der Waals surface area contributed by atoms with Crippen molar-refractivity contribution in [2.45, 2.75) is 13.8 Å². The fourth-order valence-electron chi connectivity index (χ4n) is 1.05. The SMILES string of the molecule is C/C(N)=C(/S)c1ccccc1C. The average Bonchev–Trinajstić information content (AvgIpc) is 2.04. The van der Waals surface area contributed by atoms with Gasteiger partial charge in [0.2, 0.25) is 0 Å². The molecule has 0 saturated heterocycles. The highest BCUT2D eigenvalue weighted by Gasteiger charge is 2.00. The summed E-state index contributed by atoms with van der Waals surface area (Å²) in [4.78, 5) is 0.869. The highest BCUT2D eigenvalue weighted by Crippen LogP contribution is 2.22. The van der Waals surface area contributed by atoms with Crippen LogP contribution in [0.4, 0.5) is 0 Å². The van der Waals surface area contributed by atoms with Gasteiger partial charge < -0.3 is 5.73 Å². The maximum atomic E-state index is 5.64. The molecular formula is C10H13NS. The predicted molar refractivity (Wildman–Crippen MR) is 56.9 cm³/mol. The van der Waals surface area contributed by atoms with Crippen LogP contribution in [0.25, 0.3) is 4.91 Å². The van der Waals surface area contributed by atoms with Gasteiger partial charge in [0.25, 0.3) is 0 Å². The van der Waals surface area contributed by atoms with E-state index in [4.69, 9.17) is 5.73 Å². The molecule has 64 valence electrons. The molecule has 0 spiro atoms. The number of aryl methyl sites for hydroxylation is 1. The van der Waals surface area contributed by atoms with Gasteiger partial charge in [0.15, 0.2) is 0 Å². The molecule has 2 N–H and O–H groups in total. The third kappa shape index (κ3) is 1.83. The van der Waals surface area contributed by atoms with Crippen LogP contribution in [-0.2, 0) is 0 Å². The number of rotatable bonds is 1. The summed E-state index contributed by atoms with van der Waals surface area (Å²) in [5.41, 5.74) is 8.71. The third-order valence-electron chi connectivity index (χ3n) is 1.77. The van der Waals surface area contributed by atoms with Gasteiger partial charge in [-0.05, 0) is 25.0 Å². The first-order chi connectivity index (χ1) is 5.63. The van der Waals surface area contributed by atoms with Gasteiger partial charge in [0.1, 0.15) is 0 Å². The Morgan fingerprint density at radius 3 is 2.42 bits per heavy atom.